The third-order valence-electron chi connectivity index (χ3n) is 2.77. The Labute approximate surface area is 116 Å². The first-order valence-corrected chi connectivity index (χ1v) is 6.46. The fraction of sp³-hybridized carbons (Fsp3) is 0.429. The number of aromatic amines is 2. The summed E-state index contributed by atoms with van der Waals surface area (Å²) in [5.74, 6) is 0. The van der Waals surface area contributed by atoms with Gasteiger partial charge in [0.1, 0.15) is 5.60 Å². The Morgan fingerprint density at radius 3 is 2.55 bits per heavy atom. The molecule has 20 heavy (non-hydrogen) atoms. The van der Waals surface area contributed by atoms with Crippen molar-refractivity contribution < 1.29 is 9.53 Å². The molecule has 108 valence electrons. The summed E-state index contributed by atoms with van der Waals surface area (Å²) in [6, 6.07) is 5.27. The zero-order valence-corrected chi connectivity index (χ0v) is 12.0. The fourth-order valence-electron chi connectivity index (χ4n) is 1.89. The number of rotatable bonds is 2. The molecule has 0 fully saturated rings. The second-order valence-corrected chi connectivity index (χ2v) is 5.75. The maximum Gasteiger partial charge on any atom is 0.408 e. The Morgan fingerprint density at radius 2 is 1.90 bits per heavy atom. The van der Waals surface area contributed by atoms with Crippen LogP contribution in [0.25, 0.3) is 11.0 Å². The first kappa shape index (κ1) is 14.2. The molecule has 1 amide bonds. The second-order valence-electron chi connectivity index (χ2n) is 5.75. The van der Waals surface area contributed by atoms with Crippen molar-refractivity contribution in [2.24, 2.45) is 0 Å². The van der Waals surface area contributed by atoms with Gasteiger partial charge in [0.15, 0.2) is 0 Å². The van der Waals surface area contributed by atoms with Gasteiger partial charge in [0, 0.05) is 0 Å². The molecule has 1 heterocycles. The summed E-state index contributed by atoms with van der Waals surface area (Å²) in [6.07, 6.45) is -0.465. The van der Waals surface area contributed by atoms with Crippen molar-refractivity contribution in [1.29, 1.82) is 0 Å². The molecule has 1 unspecified atom stereocenters. The molecule has 1 aromatic heterocycles. The van der Waals surface area contributed by atoms with Crippen LogP contribution < -0.4 is 11.0 Å². The largest absolute Gasteiger partial charge is 0.444 e. The molecule has 0 aliphatic rings. The molecular weight excluding hydrogens is 258 g/mol. The predicted molar refractivity (Wildman–Crippen MR) is 76.7 cm³/mol. The van der Waals surface area contributed by atoms with Crippen LogP contribution in [0.15, 0.2) is 23.0 Å². The van der Waals surface area contributed by atoms with E-state index in [1.54, 1.807) is 6.07 Å². The number of aromatic nitrogens is 2. The third kappa shape index (κ3) is 3.40. The van der Waals surface area contributed by atoms with Crippen LogP contribution in [0.2, 0.25) is 0 Å². The number of hydrogen-bond acceptors (Lipinski definition) is 3. The van der Waals surface area contributed by atoms with Gasteiger partial charge in [0.25, 0.3) is 0 Å². The number of benzene rings is 1. The van der Waals surface area contributed by atoms with Crippen LogP contribution in [-0.4, -0.2) is 21.7 Å². The summed E-state index contributed by atoms with van der Waals surface area (Å²) in [5.41, 5.74) is 1.57. The van der Waals surface area contributed by atoms with E-state index in [-0.39, 0.29) is 11.7 Å². The first-order chi connectivity index (χ1) is 9.24. The first-order valence-electron chi connectivity index (χ1n) is 6.46. The van der Waals surface area contributed by atoms with E-state index in [4.69, 9.17) is 4.74 Å². The molecule has 2 rings (SSSR count). The number of fused-ring (bicyclic) bond motifs is 1. The number of H-pyrrole nitrogens is 2. The van der Waals surface area contributed by atoms with Gasteiger partial charge in [-0.3, -0.25) is 0 Å². The fourth-order valence-corrected chi connectivity index (χ4v) is 1.89. The summed E-state index contributed by atoms with van der Waals surface area (Å²) < 4.78 is 5.21. The van der Waals surface area contributed by atoms with Crippen molar-refractivity contribution in [3.05, 3.63) is 34.2 Å². The molecule has 1 atom stereocenters. The van der Waals surface area contributed by atoms with Gasteiger partial charge in [0.2, 0.25) is 0 Å². The zero-order valence-electron chi connectivity index (χ0n) is 12.0. The minimum Gasteiger partial charge on any atom is -0.444 e. The SMILES string of the molecule is CC(NC(=O)OC(C)(C)C)c1ccc2[nH]c(=O)[nH]c2c1. The highest BCUT2D eigenvalue weighted by Gasteiger charge is 2.18. The maximum absolute atomic E-state index is 11.7. The number of imidazole rings is 1. The van der Waals surface area contributed by atoms with E-state index in [1.807, 2.05) is 39.8 Å². The van der Waals surface area contributed by atoms with Crippen molar-refractivity contribution in [3.63, 3.8) is 0 Å². The molecule has 0 radical (unpaired) electrons. The van der Waals surface area contributed by atoms with E-state index in [0.717, 1.165) is 11.1 Å². The minimum absolute atomic E-state index is 0.215. The lowest BCUT2D eigenvalue weighted by molar-refractivity contribution is 0.0508. The predicted octanol–water partition coefficient (Wildman–Crippen LogP) is 2.44. The number of alkyl carbamates (subject to hydrolysis) is 1. The van der Waals surface area contributed by atoms with Gasteiger partial charge in [0.05, 0.1) is 17.1 Å². The van der Waals surface area contributed by atoms with Gasteiger partial charge >= 0.3 is 11.8 Å². The lowest BCUT2D eigenvalue weighted by Crippen LogP contribution is -2.34. The summed E-state index contributed by atoms with van der Waals surface area (Å²) in [6.45, 7) is 7.30. The number of hydrogen-bond donors (Lipinski definition) is 3. The lowest BCUT2D eigenvalue weighted by Gasteiger charge is -2.22. The highest BCUT2D eigenvalue weighted by molar-refractivity contribution is 5.75. The highest BCUT2D eigenvalue weighted by atomic mass is 16.6. The Hall–Kier alpha value is -2.24. The molecule has 6 heteroatoms. The molecule has 0 bridgehead atoms. The molecule has 3 N–H and O–H groups in total. The van der Waals surface area contributed by atoms with Gasteiger partial charge in [-0.05, 0) is 45.4 Å². The van der Waals surface area contributed by atoms with Crippen molar-refractivity contribution >= 4 is 17.1 Å². The van der Waals surface area contributed by atoms with E-state index in [9.17, 15) is 9.59 Å². The van der Waals surface area contributed by atoms with Gasteiger partial charge < -0.3 is 20.0 Å². The molecule has 1 aromatic carbocycles. The van der Waals surface area contributed by atoms with Crippen molar-refractivity contribution in [2.45, 2.75) is 39.3 Å². The molecular formula is C14H19N3O3. The number of carbonyl (C=O) groups is 1. The van der Waals surface area contributed by atoms with Gasteiger partial charge in [-0.15, -0.1) is 0 Å². The third-order valence-corrected chi connectivity index (χ3v) is 2.77. The minimum atomic E-state index is -0.528. The van der Waals surface area contributed by atoms with Crippen LogP contribution in [0, 0.1) is 0 Å². The van der Waals surface area contributed by atoms with Crippen molar-refractivity contribution in [3.8, 4) is 0 Å². The van der Waals surface area contributed by atoms with Crippen molar-refractivity contribution in [2.75, 3.05) is 0 Å². The number of nitrogens with one attached hydrogen (secondary N) is 3. The lowest BCUT2D eigenvalue weighted by atomic mass is 10.1. The molecule has 0 saturated carbocycles. The molecule has 0 aliphatic heterocycles. The number of amides is 1. The highest BCUT2D eigenvalue weighted by Crippen LogP contribution is 2.17. The summed E-state index contributed by atoms with van der Waals surface area (Å²) in [5, 5.41) is 2.76. The van der Waals surface area contributed by atoms with Crippen molar-refractivity contribution in [1.82, 2.24) is 15.3 Å². The van der Waals surface area contributed by atoms with Gasteiger partial charge in [-0.1, -0.05) is 6.07 Å². The summed E-state index contributed by atoms with van der Waals surface area (Å²) in [7, 11) is 0. The Bertz CT molecular complexity index is 679. The number of ether oxygens (including phenoxy) is 1. The molecule has 0 spiro atoms. The van der Waals surface area contributed by atoms with E-state index in [2.05, 4.69) is 15.3 Å². The Morgan fingerprint density at radius 1 is 1.25 bits per heavy atom. The Balaban J connectivity index is 2.12. The van der Waals surface area contributed by atoms with E-state index >= 15 is 0 Å². The van der Waals surface area contributed by atoms with E-state index in [0.29, 0.717) is 5.52 Å². The smallest absolute Gasteiger partial charge is 0.408 e. The topological polar surface area (TPSA) is 87.0 Å². The molecule has 0 aliphatic carbocycles. The van der Waals surface area contributed by atoms with Crippen LogP contribution in [-0.2, 0) is 4.74 Å². The summed E-state index contributed by atoms with van der Waals surface area (Å²) in [4.78, 5) is 28.3. The van der Waals surface area contributed by atoms with Crippen LogP contribution in [0.4, 0.5) is 4.79 Å². The summed E-state index contributed by atoms with van der Waals surface area (Å²) >= 11 is 0. The van der Waals surface area contributed by atoms with Gasteiger partial charge in [-0.2, -0.15) is 0 Å². The normalized spacial score (nSPS) is 13.2. The second kappa shape index (κ2) is 5.03. The average Bonchev–Trinajstić information content (AvgIpc) is 2.64. The zero-order chi connectivity index (χ0) is 14.9. The monoisotopic (exact) mass is 277 g/mol. The Kier molecular flexibility index (Phi) is 3.57. The average molecular weight is 277 g/mol. The van der Waals surface area contributed by atoms with Crippen LogP contribution >= 0.6 is 0 Å². The maximum atomic E-state index is 11.7. The molecule has 2 aromatic rings. The van der Waals surface area contributed by atoms with E-state index in [1.165, 1.54) is 0 Å². The standard InChI is InChI=1S/C14H19N3O3/c1-8(15-13(19)20-14(2,3)4)9-5-6-10-11(7-9)17-12(18)16-10/h5-8H,1-4H3,(H,15,19)(H2,16,17,18). The molecule has 6 nitrogen and oxygen atoms in total. The van der Waals surface area contributed by atoms with Crippen LogP contribution in [0.3, 0.4) is 0 Å². The quantitative estimate of drug-likeness (QED) is 0.788. The number of carbonyl (C=O) groups excluding carboxylic acids is 1. The van der Waals surface area contributed by atoms with Crippen LogP contribution in [0.5, 0.6) is 0 Å². The van der Waals surface area contributed by atoms with Crippen LogP contribution in [0.1, 0.15) is 39.3 Å². The molecule has 0 saturated heterocycles. The van der Waals surface area contributed by atoms with E-state index < -0.39 is 11.7 Å². The van der Waals surface area contributed by atoms with Gasteiger partial charge in [-0.25, -0.2) is 9.59 Å².